The van der Waals surface area contributed by atoms with Crippen LogP contribution in [-0.4, -0.2) is 11.1 Å². The second-order valence-corrected chi connectivity index (χ2v) is 6.33. The van der Waals surface area contributed by atoms with Gasteiger partial charge in [-0.15, -0.1) is 0 Å². The molecule has 0 aromatic carbocycles. The zero-order valence-electron chi connectivity index (χ0n) is 13.0. The molecule has 1 N–H and O–H groups in total. The first-order valence-electron chi connectivity index (χ1n) is 7.42. The molecule has 2 heteroatoms. The highest BCUT2D eigenvalue weighted by Gasteiger charge is 2.25. The van der Waals surface area contributed by atoms with Crippen molar-refractivity contribution in [2.75, 3.05) is 0 Å². The van der Waals surface area contributed by atoms with E-state index in [0.29, 0.717) is 11.8 Å². The number of allylic oxidation sites excluding steroid dienone is 4. The molecule has 1 aliphatic rings. The molecule has 108 valence electrons. The van der Waals surface area contributed by atoms with Crippen LogP contribution in [0, 0.1) is 17.8 Å². The number of carboxylic acid groups (broad SMARTS) is 1. The van der Waals surface area contributed by atoms with E-state index in [1.54, 1.807) is 6.92 Å². The summed E-state index contributed by atoms with van der Waals surface area (Å²) in [6.07, 6.45) is 6.42. The minimum Gasteiger partial charge on any atom is -0.481 e. The maximum atomic E-state index is 10.9. The van der Waals surface area contributed by atoms with Gasteiger partial charge < -0.3 is 5.11 Å². The second-order valence-electron chi connectivity index (χ2n) is 6.33. The van der Waals surface area contributed by atoms with Crippen LogP contribution >= 0.6 is 0 Å². The number of carbonyl (C=O) groups is 1. The Morgan fingerprint density at radius 1 is 1.42 bits per heavy atom. The van der Waals surface area contributed by atoms with Gasteiger partial charge in [0.1, 0.15) is 0 Å². The summed E-state index contributed by atoms with van der Waals surface area (Å²) in [5.74, 6) is 0.224. The summed E-state index contributed by atoms with van der Waals surface area (Å²) < 4.78 is 0. The van der Waals surface area contributed by atoms with Crippen LogP contribution in [0.2, 0.25) is 0 Å². The van der Waals surface area contributed by atoms with Gasteiger partial charge in [0.25, 0.3) is 0 Å². The fourth-order valence-electron chi connectivity index (χ4n) is 3.02. The summed E-state index contributed by atoms with van der Waals surface area (Å²) in [6.45, 7) is 10.7. The largest absolute Gasteiger partial charge is 0.481 e. The van der Waals surface area contributed by atoms with Crippen molar-refractivity contribution in [2.45, 2.75) is 60.3 Å². The number of aliphatic carboxylic acids is 1. The van der Waals surface area contributed by atoms with Crippen LogP contribution in [0.4, 0.5) is 0 Å². The fraction of sp³-hybridized carbons (Fsp3) is 0.706. The maximum Gasteiger partial charge on any atom is 0.306 e. The Morgan fingerprint density at radius 3 is 2.58 bits per heavy atom. The Bertz CT molecular complexity index is 388. The minimum atomic E-state index is -0.678. The topological polar surface area (TPSA) is 37.3 Å². The van der Waals surface area contributed by atoms with Crippen molar-refractivity contribution in [2.24, 2.45) is 17.8 Å². The van der Waals surface area contributed by atoms with Gasteiger partial charge in [-0.2, -0.15) is 0 Å². The predicted molar refractivity (Wildman–Crippen MR) is 80.1 cm³/mol. The summed E-state index contributed by atoms with van der Waals surface area (Å²) >= 11 is 0. The Balaban J connectivity index is 2.73. The molecule has 1 aliphatic carbocycles. The van der Waals surface area contributed by atoms with Gasteiger partial charge >= 0.3 is 5.97 Å². The molecular weight excluding hydrogens is 236 g/mol. The van der Waals surface area contributed by atoms with Crippen LogP contribution in [0.5, 0.6) is 0 Å². The van der Waals surface area contributed by atoms with Crippen LogP contribution in [-0.2, 0) is 4.79 Å². The van der Waals surface area contributed by atoms with E-state index in [1.165, 1.54) is 29.6 Å². The molecule has 0 amide bonds. The zero-order valence-corrected chi connectivity index (χ0v) is 13.0. The highest BCUT2D eigenvalue weighted by molar-refractivity contribution is 5.69. The Morgan fingerprint density at radius 2 is 2.05 bits per heavy atom. The quantitative estimate of drug-likeness (QED) is 0.699. The van der Waals surface area contributed by atoms with E-state index in [0.717, 1.165) is 12.8 Å². The highest BCUT2D eigenvalue weighted by Crippen LogP contribution is 2.39. The van der Waals surface area contributed by atoms with Crippen LogP contribution in [0.3, 0.4) is 0 Å². The van der Waals surface area contributed by atoms with Gasteiger partial charge in [-0.05, 0) is 45.4 Å². The van der Waals surface area contributed by atoms with Crippen LogP contribution in [0.25, 0.3) is 0 Å². The predicted octanol–water partition coefficient (Wildman–Crippen LogP) is 4.82. The average molecular weight is 264 g/mol. The molecule has 1 rings (SSSR count). The highest BCUT2D eigenvalue weighted by atomic mass is 16.4. The van der Waals surface area contributed by atoms with Crippen molar-refractivity contribution >= 4 is 5.97 Å². The third kappa shape index (κ3) is 4.52. The van der Waals surface area contributed by atoms with Crippen molar-refractivity contribution in [3.8, 4) is 0 Å². The van der Waals surface area contributed by atoms with Gasteiger partial charge in [-0.25, -0.2) is 0 Å². The first kappa shape index (κ1) is 16.0. The lowest BCUT2D eigenvalue weighted by atomic mass is 9.87. The molecule has 2 atom stereocenters. The molecule has 0 fully saturated rings. The van der Waals surface area contributed by atoms with Crippen molar-refractivity contribution in [1.82, 2.24) is 0 Å². The summed E-state index contributed by atoms with van der Waals surface area (Å²) in [5.41, 5.74) is 4.45. The number of carboxylic acids is 1. The third-order valence-electron chi connectivity index (χ3n) is 4.19. The molecule has 0 radical (unpaired) electrons. The summed E-state index contributed by atoms with van der Waals surface area (Å²) in [5, 5.41) is 8.99. The lowest BCUT2D eigenvalue weighted by molar-refractivity contribution is -0.141. The van der Waals surface area contributed by atoms with Gasteiger partial charge in [-0.3, -0.25) is 4.79 Å². The summed E-state index contributed by atoms with van der Waals surface area (Å²) in [6, 6.07) is 0. The molecule has 0 saturated heterocycles. The molecule has 0 aromatic rings. The van der Waals surface area contributed by atoms with E-state index in [-0.39, 0.29) is 5.92 Å². The smallest absolute Gasteiger partial charge is 0.306 e. The van der Waals surface area contributed by atoms with E-state index in [4.69, 9.17) is 5.11 Å². The number of rotatable bonds is 6. The van der Waals surface area contributed by atoms with E-state index >= 15 is 0 Å². The lowest BCUT2D eigenvalue weighted by Crippen LogP contribution is -2.11. The normalized spacial score (nSPS) is 22.2. The molecule has 19 heavy (non-hydrogen) atoms. The van der Waals surface area contributed by atoms with E-state index in [1.807, 2.05) is 0 Å². The lowest BCUT2D eigenvalue weighted by Gasteiger charge is -2.18. The molecule has 0 aromatic heterocycles. The van der Waals surface area contributed by atoms with Gasteiger partial charge in [0.05, 0.1) is 5.92 Å². The molecule has 0 bridgehead atoms. The van der Waals surface area contributed by atoms with E-state index < -0.39 is 5.97 Å². The Hall–Kier alpha value is -1.05. The SMILES string of the molecule is CC1=C(CC[C@@H](C)C(=O)O)[C@H](/C(C)=C\C(C)C)CC1. The first-order valence-corrected chi connectivity index (χ1v) is 7.42. The molecular formula is C17H28O2. The average Bonchev–Trinajstić information content (AvgIpc) is 2.66. The van der Waals surface area contributed by atoms with Crippen LogP contribution in [0.1, 0.15) is 60.3 Å². The van der Waals surface area contributed by atoms with Crippen LogP contribution in [0.15, 0.2) is 22.8 Å². The maximum absolute atomic E-state index is 10.9. The first-order chi connectivity index (χ1) is 8.82. The minimum absolute atomic E-state index is 0.240. The monoisotopic (exact) mass is 264 g/mol. The van der Waals surface area contributed by atoms with Gasteiger partial charge in [0, 0.05) is 5.92 Å². The second kappa shape index (κ2) is 6.93. The zero-order chi connectivity index (χ0) is 14.6. The third-order valence-corrected chi connectivity index (χ3v) is 4.19. The Labute approximate surface area is 117 Å². The van der Waals surface area contributed by atoms with Crippen molar-refractivity contribution < 1.29 is 9.90 Å². The van der Waals surface area contributed by atoms with Gasteiger partial charge in [0.15, 0.2) is 0 Å². The molecule has 0 heterocycles. The standard InChI is InChI=1S/C17H28O2/c1-11(2)10-14(5)16-8-6-12(3)15(16)9-7-13(4)17(18)19/h10-11,13,16H,6-9H2,1-5H3,(H,18,19)/b14-10-/t13-,16+/m1/s1. The molecule has 0 aliphatic heterocycles. The van der Waals surface area contributed by atoms with E-state index in [2.05, 4.69) is 33.8 Å². The van der Waals surface area contributed by atoms with Crippen molar-refractivity contribution in [3.63, 3.8) is 0 Å². The summed E-state index contributed by atoms with van der Waals surface area (Å²) in [4.78, 5) is 10.9. The van der Waals surface area contributed by atoms with E-state index in [9.17, 15) is 4.79 Å². The summed E-state index contributed by atoms with van der Waals surface area (Å²) in [7, 11) is 0. The van der Waals surface area contributed by atoms with Crippen molar-refractivity contribution in [3.05, 3.63) is 22.8 Å². The molecule has 2 nitrogen and oxygen atoms in total. The molecule has 0 spiro atoms. The van der Waals surface area contributed by atoms with Crippen LogP contribution < -0.4 is 0 Å². The van der Waals surface area contributed by atoms with Gasteiger partial charge in [-0.1, -0.05) is 43.6 Å². The Kier molecular flexibility index (Phi) is 5.84. The fourth-order valence-corrected chi connectivity index (χ4v) is 3.02. The molecule has 0 unspecified atom stereocenters. The molecule has 0 saturated carbocycles. The van der Waals surface area contributed by atoms with Gasteiger partial charge in [0.2, 0.25) is 0 Å². The number of hydrogen-bond acceptors (Lipinski definition) is 1. The van der Waals surface area contributed by atoms with Crippen molar-refractivity contribution in [1.29, 1.82) is 0 Å². The number of hydrogen-bond donors (Lipinski definition) is 1.